The summed E-state index contributed by atoms with van der Waals surface area (Å²) < 4.78 is 5.10. The van der Waals surface area contributed by atoms with Crippen LogP contribution in [0.15, 0.2) is 24.8 Å². The van der Waals surface area contributed by atoms with Crippen molar-refractivity contribution in [2.24, 2.45) is 0 Å². The maximum atomic E-state index is 5.10. The standard InChI is InChI=1S/C16H22N6O/c1-12-8-17-15(18-9-12)21(2)13-4-6-22(7-5-13)16-19-10-14(23-3)11-20-16/h8-11,13H,4-7H2,1-3H3. The third-order valence-corrected chi connectivity index (χ3v) is 4.23. The number of nitrogens with zero attached hydrogens (tertiary/aromatic N) is 6. The quantitative estimate of drug-likeness (QED) is 0.850. The van der Waals surface area contributed by atoms with E-state index in [2.05, 4.69) is 36.8 Å². The van der Waals surface area contributed by atoms with E-state index in [9.17, 15) is 0 Å². The second kappa shape index (κ2) is 6.76. The predicted molar refractivity (Wildman–Crippen MR) is 89.0 cm³/mol. The topological polar surface area (TPSA) is 67.3 Å². The van der Waals surface area contributed by atoms with Gasteiger partial charge in [0.1, 0.15) is 0 Å². The molecule has 0 aliphatic carbocycles. The molecule has 122 valence electrons. The zero-order valence-corrected chi connectivity index (χ0v) is 13.8. The summed E-state index contributed by atoms with van der Waals surface area (Å²) in [5, 5.41) is 0. The van der Waals surface area contributed by atoms with Gasteiger partial charge in [0.2, 0.25) is 11.9 Å². The Bertz CT molecular complexity index is 622. The van der Waals surface area contributed by atoms with Gasteiger partial charge in [-0.3, -0.25) is 0 Å². The van der Waals surface area contributed by atoms with Crippen LogP contribution in [0.3, 0.4) is 0 Å². The van der Waals surface area contributed by atoms with Crippen molar-refractivity contribution in [3.8, 4) is 5.75 Å². The molecule has 0 N–H and O–H groups in total. The number of hydrogen-bond donors (Lipinski definition) is 0. The summed E-state index contributed by atoms with van der Waals surface area (Å²) in [5.41, 5.74) is 1.08. The minimum atomic E-state index is 0.437. The van der Waals surface area contributed by atoms with Crippen LogP contribution in [-0.2, 0) is 0 Å². The second-order valence-electron chi connectivity index (χ2n) is 5.81. The smallest absolute Gasteiger partial charge is 0.225 e. The van der Waals surface area contributed by atoms with Crippen LogP contribution < -0.4 is 14.5 Å². The largest absolute Gasteiger partial charge is 0.494 e. The molecule has 0 spiro atoms. The highest BCUT2D eigenvalue weighted by Crippen LogP contribution is 2.22. The summed E-state index contributed by atoms with van der Waals surface area (Å²) in [6.45, 7) is 3.84. The van der Waals surface area contributed by atoms with Gasteiger partial charge in [0.05, 0.1) is 19.5 Å². The highest BCUT2D eigenvalue weighted by atomic mass is 16.5. The van der Waals surface area contributed by atoms with Crippen LogP contribution in [0.5, 0.6) is 5.75 Å². The van der Waals surface area contributed by atoms with Crippen LogP contribution in [0, 0.1) is 6.92 Å². The van der Waals surface area contributed by atoms with E-state index in [0.717, 1.165) is 43.4 Å². The van der Waals surface area contributed by atoms with Crippen LogP contribution >= 0.6 is 0 Å². The van der Waals surface area contributed by atoms with Gasteiger partial charge in [-0.1, -0.05) is 0 Å². The Hall–Kier alpha value is -2.44. The molecule has 1 fully saturated rings. The molecule has 7 nitrogen and oxygen atoms in total. The van der Waals surface area contributed by atoms with Crippen molar-refractivity contribution in [2.45, 2.75) is 25.8 Å². The molecular formula is C16H22N6O. The highest BCUT2D eigenvalue weighted by Gasteiger charge is 2.25. The molecule has 0 radical (unpaired) electrons. The first-order valence-electron chi connectivity index (χ1n) is 7.80. The van der Waals surface area contributed by atoms with E-state index in [-0.39, 0.29) is 0 Å². The first-order chi connectivity index (χ1) is 11.2. The fraction of sp³-hybridized carbons (Fsp3) is 0.500. The fourth-order valence-corrected chi connectivity index (χ4v) is 2.76. The highest BCUT2D eigenvalue weighted by molar-refractivity contribution is 5.35. The van der Waals surface area contributed by atoms with Gasteiger partial charge in [-0.15, -0.1) is 0 Å². The summed E-state index contributed by atoms with van der Waals surface area (Å²) in [4.78, 5) is 21.9. The number of ether oxygens (including phenoxy) is 1. The Labute approximate surface area is 136 Å². The third-order valence-electron chi connectivity index (χ3n) is 4.23. The van der Waals surface area contributed by atoms with E-state index in [1.165, 1.54) is 0 Å². The van der Waals surface area contributed by atoms with Crippen LogP contribution in [0.25, 0.3) is 0 Å². The number of aromatic nitrogens is 4. The Balaban J connectivity index is 1.60. The number of piperidine rings is 1. The lowest BCUT2D eigenvalue weighted by molar-refractivity contribution is 0.410. The number of aryl methyl sites for hydroxylation is 1. The lowest BCUT2D eigenvalue weighted by Gasteiger charge is -2.36. The molecule has 0 aromatic carbocycles. The average molecular weight is 314 g/mol. The maximum absolute atomic E-state index is 5.10. The normalized spacial score (nSPS) is 15.5. The van der Waals surface area contributed by atoms with E-state index in [0.29, 0.717) is 11.8 Å². The molecular weight excluding hydrogens is 292 g/mol. The van der Waals surface area contributed by atoms with Crippen LogP contribution in [0.2, 0.25) is 0 Å². The molecule has 0 bridgehead atoms. The van der Waals surface area contributed by atoms with Crippen molar-refractivity contribution in [3.05, 3.63) is 30.4 Å². The zero-order valence-electron chi connectivity index (χ0n) is 13.8. The first-order valence-corrected chi connectivity index (χ1v) is 7.80. The maximum Gasteiger partial charge on any atom is 0.225 e. The lowest BCUT2D eigenvalue weighted by atomic mass is 10.0. The predicted octanol–water partition coefficient (Wildman–Crippen LogP) is 1.69. The molecule has 2 aromatic heterocycles. The monoisotopic (exact) mass is 314 g/mol. The van der Waals surface area contributed by atoms with Crippen molar-refractivity contribution >= 4 is 11.9 Å². The number of hydrogen-bond acceptors (Lipinski definition) is 7. The van der Waals surface area contributed by atoms with Crippen LogP contribution in [-0.4, -0.2) is 53.2 Å². The van der Waals surface area contributed by atoms with Crippen molar-refractivity contribution in [1.29, 1.82) is 0 Å². The molecule has 1 saturated heterocycles. The van der Waals surface area contributed by atoms with Gasteiger partial charge < -0.3 is 14.5 Å². The Morgan fingerprint density at radius 2 is 1.65 bits per heavy atom. The van der Waals surface area contributed by atoms with Gasteiger partial charge in [0, 0.05) is 38.6 Å². The van der Waals surface area contributed by atoms with Crippen molar-refractivity contribution in [1.82, 2.24) is 19.9 Å². The third kappa shape index (κ3) is 3.49. The molecule has 23 heavy (non-hydrogen) atoms. The molecule has 3 heterocycles. The number of methoxy groups -OCH3 is 1. The molecule has 1 aliphatic heterocycles. The van der Waals surface area contributed by atoms with Gasteiger partial charge in [-0.05, 0) is 25.3 Å². The molecule has 3 rings (SSSR count). The van der Waals surface area contributed by atoms with Crippen molar-refractivity contribution < 1.29 is 4.74 Å². The molecule has 2 aromatic rings. The van der Waals surface area contributed by atoms with Crippen LogP contribution in [0.1, 0.15) is 18.4 Å². The van der Waals surface area contributed by atoms with Gasteiger partial charge in [0.25, 0.3) is 0 Å². The molecule has 7 heteroatoms. The summed E-state index contributed by atoms with van der Waals surface area (Å²) in [7, 11) is 3.68. The van der Waals surface area contributed by atoms with E-state index in [4.69, 9.17) is 4.74 Å². The Morgan fingerprint density at radius 3 is 2.22 bits per heavy atom. The lowest BCUT2D eigenvalue weighted by Crippen LogP contribution is -2.44. The molecule has 0 atom stereocenters. The minimum absolute atomic E-state index is 0.437. The number of rotatable bonds is 4. The van der Waals surface area contributed by atoms with E-state index in [1.807, 2.05) is 19.3 Å². The summed E-state index contributed by atoms with van der Waals surface area (Å²) in [6.07, 6.45) is 9.20. The summed E-state index contributed by atoms with van der Waals surface area (Å²) in [6, 6.07) is 0.437. The van der Waals surface area contributed by atoms with E-state index >= 15 is 0 Å². The summed E-state index contributed by atoms with van der Waals surface area (Å²) >= 11 is 0. The van der Waals surface area contributed by atoms with Crippen molar-refractivity contribution in [3.63, 3.8) is 0 Å². The Morgan fingerprint density at radius 1 is 1.04 bits per heavy atom. The molecule has 0 saturated carbocycles. The van der Waals surface area contributed by atoms with Gasteiger partial charge in [0.15, 0.2) is 5.75 Å². The zero-order chi connectivity index (χ0) is 16.2. The minimum Gasteiger partial charge on any atom is -0.494 e. The SMILES string of the molecule is COc1cnc(N2CCC(N(C)c3ncc(C)cn3)CC2)nc1. The van der Waals surface area contributed by atoms with Crippen molar-refractivity contribution in [2.75, 3.05) is 37.0 Å². The molecule has 0 unspecified atom stereocenters. The second-order valence-corrected chi connectivity index (χ2v) is 5.81. The molecule has 1 aliphatic rings. The van der Waals surface area contributed by atoms with Gasteiger partial charge in [-0.2, -0.15) is 0 Å². The van der Waals surface area contributed by atoms with E-state index in [1.54, 1.807) is 19.5 Å². The number of anilines is 2. The average Bonchev–Trinajstić information content (AvgIpc) is 2.62. The first kappa shape index (κ1) is 15.5. The molecule has 0 amide bonds. The van der Waals surface area contributed by atoms with E-state index < -0.39 is 0 Å². The van der Waals surface area contributed by atoms with Crippen LogP contribution in [0.4, 0.5) is 11.9 Å². The van der Waals surface area contributed by atoms with Gasteiger partial charge in [-0.25, -0.2) is 19.9 Å². The fourth-order valence-electron chi connectivity index (χ4n) is 2.76. The summed E-state index contributed by atoms with van der Waals surface area (Å²) in [5.74, 6) is 2.23. The van der Waals surface area contributed by atoms with Gasteiger partial charge >= 0.3 is 0 Å². The Kier molecular flexibility index (Phi) is 4.55.